The number of rotatable bonds is 4. The SMILES string of the molecule is CCOC(C)CN1CCNC(C)CC1. The first kappa shape index (κ1) is 12.0. The lowest BCUT2D eigenvalue weighted by atomic mass is 10.2. The van der Waals surface area contributed by atoms with Gasteiger partial charge < -0.3 is 10.1 Å². The van der Waals surface area contributed by atoms with Crippen molar-refractivity contribution in [1.82, 2.24) is 10.2 Å². The summed E-state index contributed by atoms with van der Waals surface area (Å²) in [6.07, 6.45) is 1.62. The van der Waals surface area contributed by atoms with Gasteiger partial charge in [-0.2, -0.15) is 0 Å². The van der Waals surface area contributed by atoms with Crippen LogP contribution in [0.25, 0.3) is 0 Å². The maximum absolute atomic E-state index is 5.55. The van der Waals surface area contributed by atoms with E-state index in [1.165, 1.54) is 13.0 Å². The zero-order valence-corrected chi connectivity index (χ0v) is 9.75. The molecule has 0 aromatic heterocycles. The molecule has 1 rings (SSSR count). The molecule has 2 unspecified atom stereocenters. The third-order valence-electron chi connectivity index (χ3n) is 2.77. The zero-order chi connectivity index (χ0) is 10.4. The van der Waals surface area contributed by atoms with Crippen molar-refractivity contribution >= 4 is 0 Å². The van der Waals surface area contributed by atoms with E-state index in [1.54, 1.807) is 0 Å². The van der Waals surface area contributed by atoms with Crippen LogP contribution >= 0.6 is 0 Å². The van der Waals surface area contributed by atoms with Crippen LogP contribution in [0.3, 0.4) is 0 Å². The summed E-state index contributed by atoms with van der Waals surface area (Å²) in [5, 5.41) is 3.50. The molecule has 1 aliphatic rings. The summed E-state index contributed by atoms with van der Waals surface area (Å²) in [6.45, 7) is 11.8. The fourth-order valence-corrected chi connectivity index (χ4v) is 1.94. The molecule has 1 saturated heterocycles. The van der Waals surface area contributed by atoms with Crippen molar-refractivity contribution in [3.63, 3.8) is 0 Å². The normalized spacial score (nSPS) is 27.2. The molecule has 3 nitrogen and oxygen atoms in total. The lowest BCUT2D eigenvalue weighted by Crippen LogP contribution is -2.35. The van der Waals surface area contributed by atoms with Crippen LogP contribution in [0.15, 0.2) is 0 Å². The standard InChI is InChI=1S/C11H24N2O/c1-4-14-11(3)9-13-7-5-10(2)12-6-8-13/h10-12H,4-9H2,1-3H3. The minimum Gasteiger partial charge on any atom is -0.377 e. The van der Waals surface area contributed by atoms with Gasteiger partial charge in [-0.3, -0.25) is 4.90 Å². The average molecular weight is 200 g/mol. The third-order valence-corrected chi connectivity index (χ3v) is 2.77. The van der Waals surface area contributed by atoms with E-state index in [1.807, 2.05) is 0 Å². The molecule has 3 heteroatoms. The molecule has 2 atom stereocenters. The first-order valence-electron chi connectivity index (χ1n) is 5.79. The van der Waals surface area contributed by atoms with Crippen molar-refractivity contribution in [3.05, 3.63) is 0 Å². The van der Waals surface area contributed by atoms with Crippen LogP contribution < -0.4 is 5.32 Å². The van der Waals surface area contributed by atoms with Crippen molar-refractivity contribution in [2.24, 2.45) is 0 Å². The maximum atomic E-state index is 5.55. The zero-order valence-electron chi connectivity index (χ0n) is 9.75. The molecule has 1 heterocycles. The van der Waals surface area contributed by atoms with Gasteiger partial charge in [0.1, 0.15) is 0 Å². The lowest BCUT2D eigenvalue weighted by molar-refractivity contribution is 0.0472. The molecule has 1 fully saturated rings. The fourth-order valence-electron chi connectivity index (χ4n) is 1.94. The van der Waals surface area contributed by atoms with E-state index in [0.29, 0.717) is 12.1 Å². The van der Waals surface area contributed by atoms with Gasteiger partial charge in [-0.15, -0.1) is 0 Å². The van der Waals surface area contributed by atoms with Gasteiger partial charge in [-0.1, -0.05) is 0 Å². The average Bonchev–Trinajstić information content (AvgIpc) is 2.32. The predicted octanol–water partition coefficient (Wildman–Crippen LogP) is 1.10. The topological polar surface area (TPSA) is 24.5 Å². The molecule has 0 amide bonds. The molecule has 0 saturated carbocycles. The molecule has 0 bridgehead atoms. The second-order valence-electron chi connectivity index (χ2n) is 4.21. The Morgan fingerprint density at radius 3 is 3.00 bits per heavy atom. The van der Waals surface area contributed by atoms with Gasteiger partial charge in [-0.05, 0) is 33.7 Å². The van der Waals surface area contributed by atoms with Crippen molar-refractivity contribution in [2.75, 3.05) is 32.8 Å². The van der Waals surface area contributed by atoms with E-state index in [-0.39, 0.29) is 0 Å². The number of ether oxygens (including phenoxy) is 1. The number of nitrogens with one attached hydrogen (secondary N) is 1. The van der Waals surface area contributed by atoms with Crippen LogP contribution in [0, 0.1) is 0 Å². The highest BCUT2D eigenvalue weighted by atomic mass is 16.5. The number of nitrogens with zero attached hydrogens (tertiary/aromatic N) is 1. The molecule has 0 radical (unpaired) electrons. The van der Waals surface area contributed by atoms with E-state index in [2.05, 4.69) is 31.0 Å². The summed E-state index contributed by atoms with van der Waals surface area (Å²) in [7, 11) is 0. The molecule has 14 heavy (non-hydrogen) atoms. The van der Waals surface area contributed by atoms with Crippen molar-refractivity contribution in [1.29, 1.82) is 0 Å². The van der Waals surface area contributed by atoms with Crippen LogP contribution in [-0.2, 0) is 4.74 Å². The summed E-state index contributed by atoms with van der Waals surface area (Å²) in [4.78, 5) is 2.50. The van der Waals surface area contributed by atoms with Gasteiger partial charge in [-0.25, -0.2) is 0 Å². The molecular weight excluding hydrogens is 176 g/mol. The molecule has 0 aliphatic carbocycles. The van der Waals surface area contributed by atoms with E-state index < -0.39 is 0 Å². The summed E-state index contributed by atoms with van der Waals surface area (Å²) in [5.74, 6) is 0. The summed E-state index contributed by atoms with van der Waals surface area (Å²) < 4.78 is 5.55. The van der Waals surface area contributed by atoms with Crippen molar-refractivity contribution in [3.8, 4) is 0 Å². The minimum atomic E-state index is 0.369. The Labute approximate surface area is 87.8 Å². The molecule has 0 aromatic rings. The largest absolute Gasteiger partial charge is 0.377 e. The van der Waals surface area contributed by atoms with Gasteiger partial charge in [0.05, 0.1) is 6.10 Å². The van der Waals surface area contributed by atoms with E-state index in [4.69, 9.17) is 4.74 Å². The third kappa shape index (κ3) is 4.40. The fraction of sp³-hybridized carbons (Fsp3) is 1.00. The Morgan fingerprint density at radius 2 is 2.29 bits per heavy atom. The Bertz CT molecular complexity index is 152. The molecule has 1 aliphatic heterocycles. The molecule has 0 aromatic carbocycles. The van der Waals surface area contributed by atoms with Crippen LogP contribution in [-0.4, -0.2) is 49.8 Å². The Morgan fingerprint density at radius 1 is 1.50 bits per heavy atom. The van der Waals surface area contributed by atoms with Crippen LogP contribution in [0.2, 0.25) is 0 Å². The van der Waals surface area contributed by atoms with Crippen molar-refractivity contribution in [2.45, 2.75) is 39.3 Å². The minimum absolute atomic E-state index is 0.369. The summed E-state index contributed by atoms with van der Waals surface area (Å²) in [5.41, 5.74) is 0. The maximum Gasteiger partial charge on any atom is 0.0673 e. The Hall–Kier alpha value is -0.120. The second-order valence-corrected chi connectivity index (χ2v) is 4.21. The monoisotopic (exact) mass is 200 g/mol. The smallest absolute Gasteiger partial charge is 0.0673 e. The quantitative estimate of drug-likeness (QED) is 0.735. The van der Waals surface area contributed by atoms with E-state index >= 15 is 0 Å². The highest BCUT2D eigenvalue weighted by molar-refractivity contribution is 4.73. The predicted molar refractivity (Wildman–Crippen MR) is 59.6 cm³/mol. The second kappa shape index (κ2) is 6.38. The van der Waals surface area contributed by atoms with Gasteiger partial charge >= 0.3 is 0 Å². The molecule has 0 spiro atoms. The summed E-state index contributed by atoms with van der Waals surface area (Å²) in [6, 6.07) is 0.669. The van der Waals surface area contributed by atoms with E-state index in [9.17, 15) is 0 Å². The molecule has 84 valence electrons. The van der Waals surface area contributed by atoms with Gasteiger partial charge in [0.2, 0.25) is 0 Å². The highest BCUT2D eigenvalue weighted by Crippen LogP contribution is 2.03. The van der Waals surface area contributed by atoms with Crippen molar-refractivity contribution < 1.29 is 4.74 Å². The first-order valence-corrected chi connectivity index (χ1v) is 5.79. The van der Waals surface area contributed by atoms with Crippen LogP contribution in [0.1, 0.15) is 27.2 Å². The Balaban J connectivity index is 2.22. The Kier molecular flexibility index (Phi) is 5.45. The van der Waals surface area contributed by atoms with E-state index in [0.717, 1.165) is 26.2 Å². The lowest BCUT2D eigenvalue weighted by Gasteiger charge is -2.23. The molecule has 1 N–H and O–H groups in total. The first-order chi connectivity index (χ1) is 6.72. The van der Waals surface area contributed by atoms with Crippen LogP contribution in [0.5, 0.6) is 0 Å². The highest BCUT2D eigenvalue weighted by Gasteiger charge is 2.14. The van der Waals surface area contributed by atoms with Gasteiger partial charge in [0, 0.05) is 32.3 Å². The van der Waals surface area contributed by atoms with Crippen LogP contribution in [0.4, 0.5) is 0 Å². The van der Waals surface area contributed by atoms with Gasteiger partial charge in [0.15, 0.2) is 0 Å². The summed E-state index contributed by atoms with van der Waals surface area (Å²) >= 11 is 0. The van der Waals surface area contributed by atoms with Gasteiger partial charge in [0.25, 0.3) is 0 Å². The molecular formula is C11H24N2O. The number of hydrogen-bond acceptors (Lipinski definition) is 3. The number of hydrogen-bond donors (Lipinski definition) is 1.